The van der Waals surface area contributed by atoms with Crippen molar-refractivity contribution < 1.29 is 5.26 Å². The van der Waals surface area contributed by atoms with E-state index in [-0.39, 0.29) is 0 Å². The third kappa shape index (κ3) is 1.54. The summed E-state index contributed by atoms with van der Waals surface area (Å²) in [5.41, 5.74) is 0.896. The smallest absolute Gasteiger partial charge is 0.260 e. The minimum atomic E-state index is 0.515. The summed E-state index contributed by atoms with van der Waals surface area (Å²) < 4.78 is 0. The van der Waals surface area contributed by atoms with Crippen molar-refractivity contribution in [3.63, 3.8) is 0 Å². The minimum absolute atomic E-state index is 0.515. The van der Waals surface area contributed by atoms with Crippen LogP contribution in [0.2, 0.25) is 0 Å². The highest BCUT2D eigenvalue weighted by molar-refractivity contribution is 5.07. The summed E-state index contributed by atoms with van der Waals surface area (Å²) in [6, 6.07) is 7.91. The lowest BCUT2D eigenvalue weighted by Gasteiger charge is -1.85. The van der Waals surface area contributed by atoms with E-state index in [1.165, 1.54) is 0 Å². The molecule has 1 aromatic heterocycles. The quantitative estimate of drug-likeness (QED) is 0.526. The van der Waals surface area contributed by atoms with Crippen LogP contribution in [0.1, 0.15) is 5.69 Å². The number of hydrogen-bond acceptors (Lipinski definition) is 1. The zero-order valence-electron chi connectivity index (χ0n) is 4.96. The highest BCUT2D eigenvalue weighted by Gasteiger charge is 1.89. The van der Waals surface area contributed by atoms with Crippen LogP contribution in [0.25, 0.3) is 0 Å². The van der Waals surface area contributed by atoms with Crippen LogP contribution in [0.3, 0.4) is 0 Å². The van der Waals surface area contributed by atoms with Gasteiger partial charge < -0.3 is 0 Å². The summed E-state index contributed by atoms with van der Waals surface area (Å²) in [5, 5.41) is 6.65. The maximum atomic E-state index is 6.65. The fourth-order valence-electron chi connectivity index (χ4n) is 0.593. The molecule has 0 aromatic carbocycles. The monoisotopic (exact) mass is 119 g/mol. The van der Waals surface area contributed by atoms with E-state index in [4.69, 9.17) is 5.26 Å². The number of pyridine rings is 1. The molecule has 0 radical (unpaired) electrons. The van der Waals surface area contributed by atoms with E-state index in [2.05, 4.69) is 11.1 Å². The molecule has 1 aromatic rings. The Kier molecular flexibility index (Phi) is 1.81. The molecule has 0 bridgehead atoms. The second-order valence-corrected chi connectivity index (χ2v) is 1.67. The second-order valence-electron chi connectivity index (χ2n) is 1.67. The first-order valence-corrected chi connectivity index (χ1v) is 2.73. The first kappa shape index (κ1) is 5.77. The highest BCUT2D eigenvalue weighted by atomic mass is 14.7. The van der Waals surface area contributed by atoms with E-state index in [1.54, 1.807) is 6.20 Å². The molecule has 0 unspecified atom stereocenters. The number of aromatic nitrogens is 1. The number of nitrogens with zero attached hydrogens (tertiary/aromatic N) is 1. The van der Waals surface area contributed by atoms with E-state index in [1.807, 2.05) is 18.2 Å². The molecule has 2 heteroatoms. The van der Waals surface area contributed by atoms with E-state index in [9.17, 15) is 0 Å². The summed E-state index contributed by atoms with van der Waals surface area (Å²) in [6.45, 7) is 0. The van der Waals surface area contributed by atoms with Crippen molar-refractivity contribution in [2.45, 2.75) is 6.42 Å². The molecule has 0 amide bonds. The van der Waals surface area contributed by atoms with E-state index >= 15 is 0 Å². The highest BCUT2D eigenvalue weighted by Crippen LogP contribution is 1.91. The number of hydrogen-bond donors (Lipinski definition) is 1. The fourth-order valence-corrected chi connectivity index (χ4v) is 0.593. The molecule has 1 rings (SSSR count). The van der Waals surface area contributed by atoms with Crippen LogP contribution in [-0.4, -0.2) is 4.98 Å². The van der Waals surface area contributed by atoms with Crippen molar-refractivity contribution >= 4 is 0 Å². The molecular weight excluding hydrogens is 112 g/mol. The van der Waals surface area contributed by atoms with Crippen LogP contribution in [-0.2, 0) is 6.42 Å². The Morgan fingerprint density at radius 1 is 1.56 bits per heavy atom. The molecule has 1 N–H and O–H groups in total. The molecular formula is C7H7N2+. The molecule has 0 spiro atoms. The Bertz CT molecular complexity index is 210. The topological polar surface area (TPSA) is 36.7 Å². The van der Waals surface area contributed by atoms with Gasteiger partial charge in [-0.2, -0.15) is 0 Å². The minimum Gasteiger partial charge on any atom is -0.260 e. The average molecular weight is 119 g/mol. The van der Waals surface area contributed by atoms with Gasteiger partial charge in [-0.15, -0.1) is 5.26 Å². The van der Waals surface area contributed by atoms with Crippen molar-refractivity contribution in [3.8, 4) is 6.07 Å². The lowest BCUT2D eigenvalue weighted by Crippen LogP contribution is -2.17. The van der Waals surface area contributed by atoms with Crippen molar-refractivity contribution in [2.24, 2.45) is 0 Å². The maximum absolute atomic E-state index is 6.65. The van der Waals surface area contributed by atoms with Crippen LogP contribution in [0, 0.1) is 6.07 Å². The van der Waals surface area contributed by atoms with Crippen molar-refractivity contribution in [1.29, 1.82) is 0 Å². The Balaban J connectivity index is 2.76. The molecule has 0 aliphatic carbocycles. The van der Waals surface area contributed by atoms with Crippen LogP contribution in [0.4, 0.5) is 0 Å². The molecule has 0 aliphatic rings. The lowest BCUT2D eigenvalue weighted by atomic mass is 10.3. The Morgan fingerprint density at radius 2 is 2.44 bits per heavy atom. The molecule has 2 nitrogen and oxygen atoms in total. The number of rotatable bonds is 1. The van der Waals surface area contributed by atoms with Gasteiger partial charge in [0.1, 0.15) is 6.42 Å². The predicted octanol–water partition coefficient (Wildman–Crippen LogP) is -0.603. The van der Waals surface area contributed by atoms with Gasteiger partial charge in [-0.05, 0) is 12.1 Å². The van der Waals surface area contributed by atoms with Gasteiger partial charge in [-0.1, -0.05) is 6.07 Å². The Morgan fingerprint density at radius 3 is 3.00 bits per heavy atom. The second kappa shape index (κ2) is 2.83. The molecule has 9 heavy (non-hydrogen) atoms. The molecule has 44 valence electrons. The van der Waals surface area contributed by atoms with Gasteiger partial charge in [0.15, 0.2) is 0 Å². The molecule has 0 atom stereocenters. The van der Waals surface area contributed by atoms with Crippen LogP contribution in [0.15, 0.2) is 24.4 Å². The summed E-state index contributed by atoms with van der Waals surface area (Å²) in [7, 11) is 0. The summed E-state index contributed by atoms with van der Waals surface area (Å²) in [6.07, 6.45) is 2.23. The Labute approximate surface area is 53.8 Å². The van der Waals surface area contributed by atoms with Crippen molar-refractivity contribution in [1.82, 2.24) is 4.98 Å². The standard InChI is InChI=1S/C7H6N2/c8-5-4-7-3-1-2-6-9-7/h1-3,6H,4H2/p+1. The largest absolute Gasteiger partial charge is 0.276 e. The van der Waals surface area contributed by atoms with Gasteiger partial charge in [-0.3, -0.25) is 4.98 Å². The van der Waals surface area contributed by atoms with E-state index in [0.717, 1.165) is 5.69 Å². The van der Waals surface area contributed by atoms with Gasteiger partial charge in [0.05, 0.1) is 5.69 Å². The van der Waals surface area contributed by atoms with Crippen molar-refractivity contribution in [2.75, 3.05) is 0 Å². The van der Waals surface area contributed by atoms with Gasteiger partial charge in [0.2, 0.25) is 0 Å². The zero-order valence-corrected chi connectivity index (χ0v) is 4.96. The third-order valence-corrected chi connectivity index (χ3v) is 0.996. The molecule has 1 heterocycles. The molecule has 0 saturated heterocycles. The van der Waals surface area contributed by atoms with E-state index in [0.29, 0.717) is 6.42 Å². The van der Waals surface area contributed by atoms with Gasteiger partial charge in [-0.25, -0.2) is 0 Å². The number of nitrogens with one attached hydrogen (secondary N) is 1. The van der Waals surface area contributed by atoms with Crippen LogP contribution in [0.5, 0.6) is 0 Å². The van der Waals surface area contributed by atoms with Crippen LogP contribution < -0.4 is 5.26 Å². The summed E-state index contributed by atoms with van der Waals surface area (Å²) >= 11 is 0. The van der Waals surface area contributed by atoms with Gasteiger partial charge in [0, 0.05) is 6.20 Å². The molecule has 0 saturated carbocycles. The van der Waals surface area contributed by atoms with Gasteiger partial charge >= 0.3 is 0 Å². The van der Waals surface area contributed by atoms with Crippen molar-refractivity contribution in [3.05, 3.63) is 30.1 Å². The summed E-state index contributed by atoms with van der Waals surface area (Å²) in [5.74, 6) is 0. The summed E-state index contributed by atoms with van der Waals surface area (Å²) in [4.78, 5) is 3.99. The maximum Gasteiger partial charge on any atom is 0.276 e. The van der Waals surface area contributed by atoms with E-state index < -0.39 is 0 Å². The predicted molar refractivity (Wildman–Crippen MR) is 32.8 cm³/mol. The molecule has 0 aliphatic heterocycles. The Hall–Kier alpha value is -1.36. The normalized spacial score (nSPS) is 8.33. The fraction of sp³-hybridized carbons (Fsp3) is 0.143. The zero-order chi connectivity index (χ0) is 6.53. The first-order chi connectivity index (χ1) is 4.43. The van der Waals surface area contributed by atoms with Crippen LogP contribution >= 0.6 is 0 Å². The average Bonchev–Trinajstić information content (AvgIpc) is 1.91. The third-order valence-electron chi connectivity index (χ3n) is 0.996. The SMILES string of the molecule is [NH+]#CCc1ccccn1. The molecule has 0 fully saturated rings. The first-order valence-electron chi connectivity index (χ1n) is 2.73. The lowest BCUT2D eigenvalue weighted by molar-refractivity contribution is -0.0941. The van der Waals surface area contributed by atoms with Gasteiger partial charge in [0.25, 0.3) is 6.07 Å².